The molecule has 1 aromatic heterocycles. The normalized spacial score (nSPS) is 14.8. The fourth-order valence-electron chi connectivity index (χ4n) is 2.28. The molecule has 23 heavy (non-hydrogen) atoms. The van der Waals surface area contributed by atoms with Crippen LogP contribution < -0.4 is 4.72 Å². The Bertz CT molecular complexity index is 726. The van der Waals surface area contributed by atoms with Gasteiger partial charge in [-0.15, -0.1) is 0 Å². The average Bonchev–Trinajstić information content (AvgIpc) is 3.04. The monoisotopic (exact) mass is 337 g/mol. The molecule has 7 heteroatoms. The molecule has 0 spiro atoms. The van der Waals surface area contributed by atoms with E-state index in [4.69, 9.17) is 0 Å². The van der Waals surface area contributed by atoms with Crippen LogP contribution in [0.5, 0.6) is 0 Å². The van der Waals surface area contributed by atoms with E-state index in [1.165, 1.54) is 12.5 Å². The molecule has 0 unspecified atom stereocenters. The van der Waals surface area contributed by atoms with Crippen LogP contribution in [0.2, 0.25) is 0 Å². The van der Waals surface area contributed by atoms with Crippen molar-refractivity contribution in [2.75, 3.05) is 6.61 Å². The van der Waals surface area contributed by atoms with Crippen molar-refractivity contribution in [3.63, 3.8) is 0 Å². The number of nitrogens with zero attached hydrogens (tertiary/aromatic N) is 2. The Morgan fingerprint density at radius 3 is 2.39 bits per heavy atom. The number of aromatic nitrogens is 2. The summed E-state index contributed by atoms with van der Waals surface area (Å²) >= 11 is 0. The molecule has 126 valence electrons. The van der Waals surface area contributed by atoms with E-state index >= 15 is 0 Å². The third-order valence-corrected chi connectivity index (χ3v) is 5.26. The zero-order chi connectivity index (χ0) is 17.0. The van der Waals surface area contributed by atoms with E-state index in [1.807, 2.05) is 51.1 Å². The lowest BCUT2D eigenvalue weighted by molar-refractivity contribution is 0.242. The van der Waals surface area contributed by atoms with Gasteiger partial charge in [-0.05, 0) is 25.3 Å². The van der Waals surface area contributed by atoms with Gasteiger partial charge in [-0.2, -0.15) is 0 Å². The van der Waals surface area contributed by atoms with Crippen molar-refractivity contribution in [2.45, 2.75) is 43.8 Å². The molecule has 0 aliphatic heterocycles. The summed E-state index contributed by atoms with van der Waals surface area (Å²) in [6.45, 7) is 5.48. The number of aliphatic hydroxyl groups is 1. The fraction of sp³-hybridized carbons (Fsp3) is 0.438. The number of rotatable bonds is 7. The van der Waals surface area contributed by atoms with Gasteiger partial charge in [0.1, 0.15) is 0 Å². The minimum absolute atomic E-state index is 0.0371. The lowest BCUT2D eigenvalue weighted by atomic mass is 9.94. The number of benzene rings is 1. The second-order valence-corrected chi connectivity index (χ2v) is 7.52. The standard InChI is InChI=1S/C16H23N3O3S/c1-12(2)19-9-16(17-11-19)23(21,22)18-15(10-20)13(3)14-7-5-4-6-8-14/h4-9,11-13,15,18,20H,10H2,1-3H3/t13-,15+/m0/s1. The van der Waals surface area contributed by atoms with Crippen molar-refractivity contribution in [1.29, 1.82) is 0 Å². The highest BCUT2D eigenvalue weighted by Crippen LogP contribution is 2.20. The lowest BCUT2D eigenvalue weighted by Gasteiger charge is -2.23. The summed E-state index contributed by atoms with van der Waals surface area (Å²) < 4.78 is 29.2. The molecule has 0 aliphatic carbocycles. The largest absolute Gasteiger partial charge is 0.395 e. The molecule has 0 saturated heterocycles. The number of hydrogen-bond acceptors (Lipinski definition) is 4. The van der Waals surface area contributed by atoms with Crippen molar-refractivity contribution in [1.82, 2.24) is 14.3 Å². The van der Waals surface area contributed by atoms with Crippen LogP contribution in [0.3, 0.4) is 0 Å². The number of imidazole rings is 1. The Morgan fingerprint density at radius 1 is 1.22 bits per heavy atom. The zero-order valence-corrected chi connectivity index (χ0v) is 14.4. The quantitative estimate of drug-likeness (QED) is 0.808. The molecule has 0 aliphatic rings. The highest BCUT2D eigenvalue weighted by atomic mass is 32.2. The van der Waals surface area contributed by atoms with E-state index in [1.54, 1.807) is 4.57 Å². The fourth-order valence-corrected chi connectivity index (χ4v) is 3.53. The maximum absolute atomic E-state index is 12.5. The van der Waals surface area contributed by atoms with Gasteiger partial charge in [0.15, 0.2) is 5.03 Å². The Morgan fingerprint density at radius 2 is 1.87 bits per heavy atom. The Balaban J connectivity index is 2.19. The van der Waals surface area contributed by atoms with Crippen LogP contribution in [0.4, 0.5) is 0 Å². The van der Waals surface area contributed by atoms with Crippen molar-refractivity contribution in [3.8, 4) is 0 Å². The summed E-state index contributed by atoms with van der Waals surface area (Å²) in [6, 6.07) is 9.00. The molecule has 0 fully saturated rings. The molecule has 2 atom stereocenters. The SMILES string of the molecule is CC(C)n1cnc(S(=O)(=O)N[C@H](CO)[C@@H](C)c2ccccc2)c1. The zero-order valence-electron chi connectivity index (χ0n) is 13.5. The van der Waals surface area contributed by atoms with Gasteiger partial charge in [0.25, 0.3) is 10.0 Å². The molecule has 1 aromatic carbocycles. The van der Waals surface area contributed by atoms with Crippen LogP contribution in [-0.2, 0) is 10.0 Å². The van der Waals surface area contributed by atoms with Crippen molar-refractivity contribution in [2.24, 2.45) is 0 Å². The van der Waals surface area contributed by atoms with Crippen LogP contribution in [0.25, 0.3) is 0 Å². The van der Waals surface area contributed by atoms with Gasteiger partial charge < -0.3 is 9.67 Å². The maximum Gasteiger partial charge on any atom is 0.259 e. The van der Waals surface area contributed by atoms with Gasteiger partial charge >= 0.3 is 0 Å². The second-order valence-electron chi connectivity index (χ2n) is 5.86. The van der Waals surface area contributed by atoms with E-state index in [0.29, 0.717) is 0 Å². The molecule has 0 radical (unpaired) electrons. The number of hydrogen-bond donors (Lipinski definition) is 2. The highest BCUT2D eigenvalue weighted by Gasteiger charge is 2.26. The van der Waals surface area contributed by atoms with E-state index in [0.717, 1.165) is 5.56 Å². The van der Waals surface area contributed by atoms with Gasteiger partial charge in [-0.25, -0.2) is 18.1 Å². The molecular formula is C16H23N3O3S. The van der Waals surface area contributed by atoms with Gasteiger partial charge in [0.05, 0.1) is 19.0 Å². The Hall–Kier alpha value is -1.70. The highest BCUT2D eigenvalue weighted by molar-refractivity contribution is 7.89. The van der Waals surface area contributed by atoms with Crippen molar-refractivity contribution in [3.05, 3.63) is 48.4 Å². The van der Waals surface area contributed by atoms with Crippen LogP contribution >= 0.6 is 0 Å². The summed E-state index contributed by atoms with van der Waals surface area (Å²) in [7, 11) is -3.78. The summed E-state index contributed by atoms with van der Waals surface area (Å²) in [5.74, 6) is -0.164. The summed E-state index contributed by atoms with van der Waals surface area (Å²) in [5, 5.41) is 9.57. The Kier molecular flexibility index (Phi) is 5.56. The minimum Gasteiger partial charge on any atom is -0.395 e. The van der Waals surface area contributed by atoms with Crippen molar-refractivity contribution >= 4 is 10.0 Å². The van der Waals surface area contributed by atoms with Gasteiger partial charge in [-0.1, -0.05) is 37.3 Å². The molecule has 1 heterocycles. The predicted octanol–water partition coefficient (Wildman–Crippen LogP) is 1.91. The average molecular weight is 337 g/mol. The molecule has 0 amide bonds. The predicted molar refractivity (Wildman–Crippen MR) is 88.7 cm³/mol. The maximum atomic E-state index is 12.5. The molecule has 2 N–H and O–H groups in total. The lowest BCUT2D eigenvalue weighted by Crippen LogP contribution is -2.41. The smallest absolute Gasteiger partial charge is 0.259 e. The number of sulfonamides is 1. The van der Waals surface area contributed by atoms with Crippen LogP contribution in [-0.4, -0.2) is 35.7 Å². The number of aliphatic hydroxyl groups excluding tert-OH is 1. The van der Waals surface area contributed by atoms with Crippen LogP contribution in [0, 0.1) is 0 Å². The first-order valence-electron chi connectivity index (χ1n) is 7.56. The van der Waals surface area contributed by atoms with Crippen LogP contribution in [0.15, 0.2) is 47.9 Å². The molecule has 0 bridgehead atoms. The molecule has 6 nitrogen and oxygen atoms in total. The van der Waals surface area contributed by atoms with Crippen LogP contribution in [0.1, 0.15) is 38.3 Å². The van der Waals surface area contributed by atoms with E-state index in [-0.39, 0.29) is 23.6 Å². The molecular weight excluding hydrogens is 314 g/mol. The third-order valence-electron chi connectivity index (χ3n) is 3.88. The third kappa shape index (κ3) is 4.19. The summed E-state index contributed by atoms with van der Waals surface area (Å²) in [4.78, 5) is 3.96. The van der Waals surface area contributed by atoms with Gasteiger partial charge in [0, 0.05) is 12.2 Å². The molecule has 0 saturated carbocycles. The first-order valence-corrected chi connectivity index (χ1v) is 9.05. The second kappa shape index (κ2) is 7.25. The van der Waals surface area contributed by atoms with Gasteiger partial charge in [-0.3, -0.25) is 0 Å². The van der Waals surface area contributed by atoms with Gasteiger partial charge in [0.2, 0.25) is 0 Å². The Labute approximate surface area is 137 Å². The summed E-state index contributed by atoms with van der Waals surface area (Å²) in [6.07, 6.45) is 2.99. The van der Waals surface area contributed by atoms with E-state index < -0.39 is 16.1 Å². The first-order chi connectivity index (χ1) is 10.8. The number of nitrogens with one attached hydrogen (secondary N) is 1. The summed E-state index contributed by atoms with van der Waals surface area (Å²) in [5.41, 5.74) is 0.960. The minimum atomic E-state index is -3.78. The first kappa shape index (κ1) is 17.7. The molecule has 2 aromatic rings. The molecule has 2 rings (SSSR count). The van der Waals surface area contributed by atoms with E-state index in [2.05, 4.69) is 9.71 Å². The topological polar surface area (TPSA) is 84.2 Å². The van der Waals surface area contributed by atoms with E-state index in [9.17, 15) is 13.5 Å². The van der Waals surface area contributed by atoms with Crippen molar-refractivity contribution < 1.29 is 13.5 Å².